The summed E-state index contributed by atoms with van der Waals surface area (Å²) in [5, 5.41) is 0. The van der Waals surface area contributed by atoms with Gasteiger partial charge in [-0.1, -0.05) is 30.3 Å². The maximum atomic E-state index is 11.2. The van der Waals surface area contributed by atoms with E-state index in [9.17, 15) is 9.59 Å². The van der Waals surface area contributed by atoms with E-state index in [1.807, 2.05) is 12.1 Å². The third-order valence-electron chi connectivity index (χ3n) is 1.84. The van der Waals surface area contributed by atoms with Crippen LogP contribution >= 0.6 is 21.4 Å². The highest BCUT2D eigenvalue weighted by atomic mass is 36.0. The number of carbonyl (C=O) groups excluding carboxylic acids is 2. The van der Waals surface area contributed by atoms with Gasteiger partial charge in [0.1, 0.15) is 0 Å². The van der Waals surface area contributed by atoms with E-state index in [0.29, 0.717) is 5.56 Å². The summed E-state index contributed by atoms with van der Waals surface area (Å²) in [7, 11) is 4.81. The first-order valence-corrected chi connectivity index (χ1v) is 8.25. The first kappa shape index (κ1) is 22.7. The number of halogens is 2. The van der Waals surface area contributed by atoms with Crippen LogP contribution in [0.4, 0.5) is 0 Å². The standard InChI is InChI=1S/C10H6O2.Cl2O2S.HN3.N3/c11-9-6-5-7-3-1-2-4-8(7)10(9)12;1-5(2,3)4;2*1-3-2/h1-6H;;1H;/q;;;-1. The molecule has 1 aromatic carbocycles. The van der Waals surface area contributed by atoms with Crippen LogP contribution in [-0.2, 0) is 13.1 Å². The normalized spacial score (nSPS) is 10.9. The highest BCUT2D eigenvalue weighted by molar-refractivity contribution is 8.31. The average molecular weight is 378 g/mol. The minimum absolute atomic E-state index is 0.409. The topological polar surface area (TPSA) is 187 Å². The fourth-order valence-electron chi connectivity index (χ4n) is 1.22. The average Bonchev–Trinajstić information content (AvgIpc) is 2.43. The van der Waals surface area contributed by atoms with Crippen LogP contribution in [0.25, 0.3) is 32.5 Å². The lowest BCUT2D eigenvalue weighted by molar-refractivity contribution is -0.110. The lowest BCUT2D eigenvalue weighted by Crippen LogP contribution is -2.15. The van der Waals surface area contributed by atoms with E-state index in [-0.39, 0.29) is 0 Å². The van der Waals surface area contributed by atoms with Crippen LogP contribution in [0.15, 0.2) is 30.3 Å². The van der Waals surface area contributed by atoms with Crippen LogP contribution in [0.5, 0.6) is 0 Å². The van der Waals surface area contributed by atoms with E-state index in [1.54, 1.807) is 23.1 Å². The third-order valence-corrected chi connectivity index (χ3v) is 1.84. The first-order valence-electron chi connectivity index (χ1n) is 5.11. The number of hydrogen-bond acceptors (Lipinski definition) is 5. The summed E-state index contributed by atoms with van der Waals surface area (Å²) >= 11 is 0. The molecule has 0 spiro atoms. The molecule has 0 atom stereocenters. The fraction of sp³-hybridized carbons (Fsp3) is 0. The molecule has 1 aliphatic carbocycles. The quantitative estimate of drug-likeness (QED) is 0.236. The fourth-order valence-corrected chi connectivity index (χ4v) is 1.22. The molecule has 0 bridgehead atoms. The van der Waals surface area contributed by atoms with Gasteiger partial charge in [0, 0.05) is 26.9 Å². The van der Waals surface area contributed by atoms with Crippen LogP contribution in [0, 0.1) is 5.53 Å². The number of fused-ring (bicyclic) bond motifs is 1. The molecule has 0 amide bonds. The molecule has 2 rings (SSSR count). The van der Waals surface area contributed by atoms with Crippen LogP contribution in [0.3, 0.4) is 0 Å². The molecule has 1 N–H and O–H groups in total. The lowest BCUT2D eigenvalue weighted by atomic mass is 9.96. The summed E-state index contributed by atoms with van der Waals surface area (Å²) in [4.78, 5) is 25.4. The van der Waals surface area contributed by atoms with Gasteiger partial charge in [0.05, 0.1) is 0 Å². The maximum absolute atomic E-state index is 11.2. The summed E-state index contributed by atoms with van der Waals surface area (Å²) in [6, 6.07) is 7.07. The SMILES string of the molecule is O=C1C=Cc2ccccc2C1=O.O=S(=O)(Cl)Cl.[N-]=[N+]=N.[N-]=[N+]=[N-]. The molecule has 0 saturated heterocycles. The van der Waals surface area contributed by atoms with E-state index < -0.39 is 19.8 Å². The third kappa shape index (κ3) is 12.9. The predicted molar refractivity (Wildman–Crippen MR) is 85.0 cm³/mol. The first-order chi connectivity index (χ1) is 10.6. The number of carbonyl (C=O) groups is 2. The van der Waals surface area contributed by atoms with Gasteiger partial charge in [-0.25, -0.2) is 0 Å². The Morgan fingerprint density at radius 2 is 1.39 bits per heavy atom. The van der Waals surface area contributed by atoms with Gasteiger partial charge in [0.15, 0.2) is 0 Å². The Hall–Kier alpha value is -2.55. The van der Waals surface area contributed by atoms with Gasteiger partial charge in [-0.15, -0.1) is 5.53 Å². The van der Waals surface area contributed by atoms with Crippen LogP contribution in [-0.4, -0.2) is 20.0 Å². The Morgan fingerprint density at radius 1 is 1.00 bits per heavy atom. The molecule has 0 aliphatic heterocycles. The van der Waals surface area contributed by atoms with Crippen molar-refractivity contribution >= 4 is 47.3 Å². The predicted octanol–water partition coefficient (Wildman–Crippen LogP) is 3.92. The number of benzene rings is 1. The smallest absolute Gasteiger partial charge is 0.317 e. The monoisotopic (exact) mass is 377 g/mol. The lowest BCUT2D eigenvalue weighted by Gasteiger charge is -2.06. The molecule has 122 valence electrons. The van der Waals surface area contributed by atoms with E-state index in [4.69, 9.17) is 30.5 Å². The zero-order valence-electron chi connectivity index (χ0n) is 11.0. The Labute approximate surface area is 139 Å². The largest absolute Gasteiger partial charge is 0.373 e. The summed E-state index contributed by atoms with van der Waals surface area (Å²) in [5.74, 6) is -0.846. The van der Waals surface area contributed by atoms with Crippen molar-refractivity contribution in [2.75, 3.05) is 0 Å². The van der Waals surface area contributed by atoms with Crippen LogP contribution < -0.4 is 0 Å². The highest BCUT2D eigenvalue weighted by Gasteiger charge is 2.19. The van der Waals surface area contributed by atoms with Gasteiger partial charge in [-0.05, 0) is 22.1 Å². The van der Waals surface area contributed by atoms with Gasteiger partial charge in [-0.3, -0.25) is 14.5 Å². The molecule has 0 unspecified atom stereocenters. The van der Waals surface area contributed by atoms with Gasteiger partial charge >= 0.3 is 8.26 Å². The van der Waals surface area contributed by atoms with Gasteiger partial charge in [-0.2, -0.15) is 8.42 Å². The Morgan fingerprint density at radius 3 is 1.83 bits per heavy atom. The Bertz CT molecular complexity index is 745. The van der Waals surface area contributed by atoms with Crippen LogP contribution in [0.1, 0.15) is 15.9 Å². The zero-order chi connectivity index (χ0) is 18.5. The second kappa shape index (κ2) is 12.0. The molecule has 10 nitrogen and oxygen atoms in total. The molecular weight excluding hydrogens is 371 g/mol. The van der Waals surface area contributed by atoms with Crippen molar-refractivity contribution in [3.05, 3.63) is 67.9 Å². The number of nitrogens with one attached hydrogen (secondary N) is 1. The van der Waals surface area contributed by atoms with Crippen LogP contribution in [0.2, 0.25) is 0 Å². The minimum Gasteiger partial charge on any atom is -0.373 e. The van der Waals surface area contributed by atoms with Gasteiger partial charge in [0.25, 0.3) is 0 Å². The van der Waals surface area contributed by atoms with Crippen molar-refractivity contribution in [3.63, 3.8) is 0 Å². The molecule has 0 aromatic heterocycles. The second-order valence-corrected chi connectivity index (χ2v) is 6.85. The Balaban J connectivity index is 0. The molecule has 0 fully saturated rings. The Kier molecular flexibility index (Phi) is 11.9. The van der Waals surface area contributed by atoms with Gasteiger partial charge in [0.2, 0.25) is 11.6 Å². The molecule has 1 aliphatic rings. The number of Topliss-reactive ketones (excluding diaryl/α,β-unsaturated/α-hetero) is 1. The highest BCUT2D eigenvalue weighted by Crippen LogP contribution is 2.16. The van der Waals surface area contributed by atoms with Crippen molar-refractivity contribution in [1.29, 1.82) is 5.53 Å². The molecule has 1 aromatic rings. The summed E-state index contributed by atoms with van der Waals surface area (Å²) in [5.41, 5.74) is 27.1. The van der Waals surface area contributed by atoms with Crippen molar-refractivity contribution in [2.24, 2.45) is 0 Å². The molecule has 23 heavy (non-hydrogen) atoms. The minimum atomic E-state index is -3.72. The second-order valence-electron chi connectivity index (χ2n) is 3.18. The molecular formula is C10H7Cl2N6O4S-. The molecule has 13 heteroatoms. The van der Waals surface area contributed by atoms with Crippen molar-refractivity contribution in [2.45, 2.75) is 0 Å². The van der Waals surface area contributed by atoms with Gasteiger partial charge < -0.3 is 11.1 Å². The van der Waals surface area contributed by atoms with E-state index in [0.717, 1.165) is 5.56 Å². The summed E-state index contributed by atoms with van der Waals surface area (Å²) < 4.78 is 18.3. The molecule has 0 heterocycles. The number of nitrogens with zero attached hydrogens (tertiary/aromatic N) is 5. The van der Waals surface area contributed by atoms with Crippen molar-refractivity contribution in [3.8, 4) is 0 Å². The van der Waals surface area contributed by atoms with E-state index >= 15 is 0 Å². The zero-order valence-corrected chi connectivity index (χ0v) is 13.3. The maximum Gasteiger partial charge on any atom is 0.317 e. The van der Waals surface area contributed by atoms with Crippen molar-refractivity contribution < 1.29 is 18.0 Å². The number of ketones is 2. The number of hydrogen-bond donors (Lipinski definition) is 1. The van der Waals surface area contributed by atoms with E-state index in [1.165, 1.54) is 11.0 Å². The van der Waals surface area contributed by atoms with E-state index in [2.05, 4.69) is 21.4 Å². The summed E-state index contributed by atoms with van der Waals surface area (Å²) in [6.45, 7) is 0. The molecule has 0 radical (unpaired) electrons. The number of rotatable bonds is 0. The van der Waals surface area contributed by atoms with Crippen molar-refractivity contribution in [1.82, 2.24) is 0 Å². The molecule has 0 saturated carbocycles. The summed E-state index contributed by atoms with van der Waals surface area (Å²) in [6.07, 6.45) is 2.98. The number of allylic oxidation sites excluding steroid dienone is 1.